The molecule has 5 heteroatoms. The molecule has 1 unspecified atom stereocenters. The van der Waals surface area contributed by atoms with E-state index in [4.69, 9.17) is 0 Å². The first-order valence-corrected chi connectivity index (χ1v) is 11.8. The van der Waals surface area contributed by atoms with E-state index in [-0.39, 0.29) is 5.50 Å². The number of allylic oxidation sites excluding steroid dienone is 5. The van der Waals surface area contributed by atoms with Crippen LogP contribution in [0.3, 0.4) is 0 Å². The Morgan fingerprint density at radius 1 is 1.17 bits per heavy atom. The van der Waals surface area contributed by atoms with E-state index < -0.39 is 0 Å². The summed E-state index contributed by atoms with van der Waals surface area (Å²) in [5, 5.41) is 16.9. The molecule has 0 aliphatic carbocycles. The van der Waals surface area contributed by atoms with Crippen molar-refractivity contribution >= 4 is 11.8 Å². The van der Waals surface area contributed by atoms with Gasteiger partial charge in [-0.1, -0.05) is 68.9 Å². The zero-order valence-electron chi connectivity index (χ0n) is 18.4. The molecule has 1 fully saturated rings. The first-order chi connectivity index (χ1) is 14.2. The van der Waals surface area contributed by atoms with Gasteiger partial charge in [0.1, 0.15) is 5.50 Å². The van der Waals surface area contributed by atoms with Crippen molar-refractivity contribution in [3.63, 3.8) is 0 Å². The number of aliphatic hydroxyl groups is 1. The maximum absolute atomic E-state index is 9.59. The van der Waals surface area contributed by atoms with E-state index in [0.29, 0.717) is 5.76 Å². The van der Waals surface area contributed by atoms with Crippen molar-refractivity contribution in [2.24, 2.45) is 0 Å². The van der Waals surface area contributed by atoms with E-state index in [1.165, 1.54) is 28.2 Å². The number of rotatable bonds is 6. The van der Waals surface area contributed by atoms with Gasteiger partial charge >= 0.3 is 0 Å². The Labute approximate surface area is 181 Å². The van der Waals surface area contributed by atoms with E-state index in [9.17, 15) is 5.11 Å². The molecule has 1 aromatic rings. The number of hydrogen-bond donors (Lipinski definition) is 3. The molecule has 160 valence electrons. The quantitative estimate of drug-likeness (QED) is 0.441. The molecule has 0 bridgehead atoms. The lowest BCUT2D eigenvalue weighted by molar-refractivity contribution is 0.257. The van der Waals surface area contributed by atoms with Crippen LogP contribution in [0.5, 0.6) is 0 Å². The number of thioether (sulfide) groups is 1. The molecule has 1 aromatic carbocycles. The fourth-order valence-electron chi connectivity index (χ4n) is 3.48. The summed E-state index contributed by atoms with van der Waals surface area (Å²) in [7, 11) is 0. The average Bonchev–Trinajstić information content (AvgIpc) is 2.96. The number of hydrogen-bond acceptors (Lipinski definition) is 5. The predicted octanol–water partition coefficient (Wildman–Crippen LogP) is 5.18. The smallest absolute Gasteiger partial charge is 0.132 e. The van der Waals surface area contributed by atoms with Crippen LogP contribution >= 0.6 is 11.8 Å². The highest BCUT2D eigenvalue weighted by Gasteiger charge is 2.30. The Bertz CT molecular complexity index is 700. The summed E-state index contributed by atoms with van der Waals surface area (Å²) in [5.74, 6) is 0.340. The Kier molecular flexibility index (Phi) is 10.4. The molecule has 0 radical (unpaired) electrons. The van der Waals surface area contributed by atoms with Gasteiger partial charge in [0.25, 0.3) is 0 Å². The molecule has 2 heterocycles. The van der Waals surface area contributed by atoms with Crippen LogP contribution in [0.1, 0.15) is 46.1 Å². The van der Waals surface area contributed by atoms with Crippen LogP contribution in [-0.4, -0.2) is 41.7 Å². The van der Waals surface area contributed by atoms with Crippen molar-refractivity contribution in [3.8, 4) is 0 Å². The second kappa shape index (κ2) is 12.8. The van der Waals surface area contributed by atoms with E-state index in [1.54, 1.807) is 13.0 Å². The highest BCUT2D eigenvalue weighted by Crippen LogP contribution is 2.38. The van der Waals surface area contributed by atoms with Crippen molar-refractivity contribution in [2.75, 3.05) is 26.2 Å². The zero-order chi connectivity index (χ0) is 21.1. The molecule has 3 rings (SSSR count). The largest absolute Gasteiger partial charge is 0.513 e. The van der Waals surface area contributed by atoms with Crippen molar-refractivity contribution in [3.05, 3.63) is 70.0 Å². The maximum Gasteiger partial charge on any atom is 0.132 e. The predicted molar refractivity (Wildman–Crippen MR) is 127 cm³/mol. The zero-order valence-corrected chi connectivity index (χ0v) is 19.2. The van der Waals surface area contributed by atoms with Crippen LogP contribution in [0.15, 0.2) is 64.4 Å². The van der Waals surface area contributed by atoms with Crippen molar-refractivity contribution < 1.29 is 5.11 Å². The molecule has 4 nitrogen and oxygen atoms in total. The van der Waals surface area contributed by atoms with Gasteiger partial charge < -0.3 is 15.7 Å². The number of aliphatic hydroxyl groups excluding tert-OH is 1. The van der Waals surface area contributed by atoms with Gasteiger partial charge in [-0.3, -0.25) is 4.90 Å². The topological polar surface area (TPSA) is 47.5 Å². The van der Waals surface area contributed by atoms with E-state index >= 15 is 0 Å². The second-order valence-corrected chi connectivity index (χ2v) is 8.24. The summed E-state index contributed by atoms with van der Waals surface area (Å²) in [6.45, 7) is 12.2. The fraction of sp³-hybridized carbons (Fsp3) is 0.500. The van der Waals surface area contributed by atoms with Crippen molar-refractivity contribution in [2.45, 2.75) is 52.5 Å². The Balaban J connectivity index is 0.00000145. The van der Waals surface area contributed by atoms with E-state index in [2.05, 4.69) is 58.9 Å². The normalized spacial score (nSPS) is 21.3. The lowest BCUT2D eigenvalue weighted by Crippen LogP contribution is -2.42. The lowest BCUT2D eigenvalue weighted by Gasteiger charge is -2.27. The standard InChI is InChI=1S/C22H31N3OS.C2H6/c1-3-19(11-10-17(2)26)21-20(16-18-8-5-4-6-9-18)27-22(24-21)25-14-7-12-23-13-15-25;1-2/h4-6,8-11,22-24,26H,3,7,12-16H2,1-2H3;1-2H3/b17-10+,19-11+;. The molecular weight excluding hydrogens is 378 g/mol. The molecular formula is C24H37N3OS. The van der Waals surface area contributed by atoms with Crippen LogP contribution in [-0.2, 0) is 6.42 Å². The minimum Gasteiger partial charge on any atom is -0.513 e. The van der Waals surface area contributed by atoms with Gasteiger partial charge in [0.05, 0.1) is 5.76 Å². The summed E-state index contributed by atoms with van der Waals surface area (Å²) < 4.78 is 0. The summed E-state index contributed by atoms with van der Waals surface area (Å²) in [4.78, 5) is 3.93. The molecule has 0 amide bonds. The number of nitrogens with one attached hydrogen (secondary N) is 2. The SMILES string of the molecule is CC.CC/C(=C\C=C(/C)O)C1=C(Cc2ccccc2)SC(N2CCCNCC2)N1. The molecule has 2 aliphatic rings. The van der Waals surface area contributed by atoms with Gasteiger partial charge in [-0.2, -0.15) is 0 Å². The molecule has 2 aliphatic heterocycles. The first kappa shape index (κ1) is 23.6. The molecule has 0 aromatic heterocycles. The molecule has 1 saturated heterocycles. The highest BCUT2D eigenvalue weighted by atomic mass is 32.2. The Morgan fingerprint density at radius 2 is 1.93 bits per heavy atom. The van der Waals surface area contributed by atoms with Crippen molar-refractivity contribution in [1.82, 2.24) is 15.5 Å². The Morgan fingerprint density at radius 3 is 2.62 bits per heavy atom. The summed E-state index contributed by atoms with van der Waals surface area (Å²) in [5.41, 5.74) is 4.11. The van der Waals surface area contributed by atoms with E-state index in [1.807, 2.05) is 25.6 Å². The maximum atomic E-state index is 9.59. The van der Waals surface area contributed by atoms with Gasteiger partial charge in [-0.05, 0) is 43.5 Å². The molecule has 29 heavy (non-hydrogen) atoms. The minimum atomic E-state index is 0.285. The third-order valence-corrected chi connectivity index (χ3v) is 6.21. The lowest BCUT2D eigenvalue weighted by atomic mass is 10.1. The summed E-state index contributed by atoms with van der Waals surface area (Å²) in [6.07, 6.45) is 6.90. The monoisotopic (exact) mass is 415 g/mol. The van der Waals surface area contributed by atoms with Crippen molar-refractivity contribution in [1.29, 1.82) is 0 Å². The highest BCUT2D eigenvalue weighted by molar-refractivity contribution is 8.03. The third kappa shape index (κ3) is 7.25. The van der Waals surface area contributed by atoms with Crippen LogP contribution in [0.25, 0.3) is 0 Å². The molecule has 0 spiro atoms. The van der Waals surface area contributed by atoms with Crippen LogP contribution in [0, 0.1) is 0 Å². The van der Waals surface area contributed by atoms with E-state index in [0.717, 1.165) is 39.0 Å². The fourth-order valence-corrected chi connectivity index (χ4v) is 4.84. The first-order valence-electron chi connectivity index (χ1n) is 10.9. The van der Waals surface area contributed by atoms with Gasteiger partial charge in [0.2, 0.25) is 0 Å². The van der Waals surface area contributed by atoms with Gasteiger partial charge in [0.15, 0.2) is 0 Å². The average molecular weight is 416 g/mol. The van der Waals surface area contributed by atoms with Gasteiger partial charge in [-0.15, -0.1) is 0 Å². The van der Waals surface area contributed by atoms with Crippen LogP contribution < -0.4 is 10.6 Å². The van der Waals surface area contributed by atoms with Crippen LogP contribution in [0.2, 0.25) is 0 Å². The number of benzene rings is 1. The van der Waals surface area contributed by atoms with Gasteiger partial charge in [-0.25, -0.2) is 0 Å². The van der Waals surface area contributed by atoms with Gasteiger partial charge in [0, 0.05) is 36.7 Å². The number of nitrogens with zero attached hydrogens (tertiary/aromatic N) is 1. The summed E-state index contributed by atoms with van der Waals surface area (Å²) >= 11 is 1.95. The second-order valence-electron chi connectivity index (χ2n) is 7.07. The minimum absolute atomic E-state index is 0.285. The van der Waals surface area contributed by atoms with Crippen LogP contribution in [0.4, 0.5) is 0 Å². The molecule has 3 N–H and O–H groups in total. The summed E-state index contributed by atoms with van der Waals surface area (Å²) in [6, 6.07) is 10.7. The molecule has 0 saturated carbocycles. The Hall–Kier alpha value is -1.69. The molecule has 1 atom stereocenters. The third-order valence-electron chi connectivity index (χ3n) is 4.94.